The van der Waals surface area contributed by atoms with Gasteiger partial charge in [0, 0.05) is 16.7 Å². The Kier molecular flexibility index (Phi) is 5.82. The lowest BCUT2D eigenvalue weighted by atomic mass is 9.90. The van der Waals surface area contributed by atoms with Crippen molar-refractivity contribution in [3.05, 3.63) is 28.7 Å². The molecule has 1 aromatic carbocycles. The molecule has 0 saturated carbocycles. The Balaban J connectivity index is 2.32. The van der Waals surface area contributed by atoms with E-state index in [0.29, 0.717) is 6.54 Å². The molecule has 3 nitrogen and oxygen atoms in total. The van der Waals surface area contributed by atoms with Crippen molar-refractivity contribution in [1.29, 1.82) is 0 Å². The van der Waals surface area contributed by atoms with Gasteiger partial charge in [0.25, 0.3) is 0 Å². The van der Waals surface area contributed by atoms with Gasteiger partial charge in [0.15, 0.2) is 0 Å². The average Bonchev–Trinajstić information content (AvgIpc) is 2.32. The van der Waals surface area contributed by atoms with Crippen molar-refractivity contribution < 1.29 is 4.79 Å². The van der Waals surface area contributed by atoms with Gasteiger partial charge in [-0.2, -0.15) is 0 Å². The van der Waals surface area contributed by atoms with Gasteiger partial charge in [-0.3, -0.25) is 4.79 Å². The minimum Gasteiger partial charge on any atom is -0.325 e. The van der Waals surface area contributed by atoms with Crippen molar-refractivity contribution in [2.75, 3.05) is 18.4 Å². The predicted molar refractivity (Wildman–Crippen MR) is 79.7 cm³/mol. The Morgan fingerprint density at radius 1 is 1.28 bits per heavy atom. The van der Waals surface area contributed by atoms with E-state index in [2.05, 4.69) is 47.3 Å². The van der Waals surface area contributed by atoms with Gasteiger partial charge in [0.2, 0.25) is 5.91 Å². The minimum absolute atomic E-state index is 0.00998. The van der Waals surface area contributed by atoms with Crippen LogP contribution in [0.2, 0.25) is 0 Å². The van der Waals surface area contributed by atoms with Gasteiger partial charge in [-0.15, -0.1) is 0 Å². The molecule has 0 atom stereocenters. The molecule has 100 valence electrons. The molecule has 0 aliphatic heterocycles. The first-order valence-corrected chi connectivity index (χ1v) is 6.98. The third-order valence-electron chi connectivity index (χ3n) is 2.97. The van der Waals surface area contributed by atoms with Gasteiger partial charge in [-0.25, -0.2) is 0 Å². The molecule has 0 spiro atoms. The zero-order valence-corrected chi connectivity index (χ0v) is 12.8. The van der Waals surface area contributed by atoms with Crippen molar-refractivity contribution in [3.8, 4) is 0 Å². The molecule has 0 radical (unpaired) electrons. The van der Waals surface area contributed by atoms with Crippen LogP contribution >= 0.6 is 15.9 Å². The van der Waals surface area contributed by atoms with Crippen molar-refractivity contribution in [2.45, 2.75) is 27.2 Å². The van der Waals surface area contributed by atoms with Crippen LogP contribution in [0.1, 0.15) is 27.2 Å². The summed E-state index contributed by atoms with van der Waals surface area (Å²) in [7, 11) is 0. The number of carbonyl (C=O) groups excluding carboxylic acids is 1. The fourth-order valence-corrected chi connectivity index (χ4v) is 1.64. The van der Waals surface area contributed by atoms with Crippen LogP contribution in [-0.2, 0) is 4.79 Å². The normalized spacial score (nSPS) is 11.3. The molecule has 18 heavy (non-hydrogen) atoms. The topological polar surface area (TPSA) is 41.1 Å². The van der Waals surface area contributed by atoms with E-state index in [-0.39, 0.29) is 11.3 Å². The zero-order valence-electron chi connectivity index (χ0n) is 11.2. The highest BCUT2D eigenvalue weighted by Crippen LogP contribution is 2.17. The average molecular weight is 313 g/mol. The summed E-state index contributed by atoms with van der Waals surface area (Å²) in [5.41, 5.74) is 1.05. The second-order valence-electron chi connectivity index (χ2n) is 5.18. The second-order valence-corrected chi connectivity index (χ2v) is 6.09. The summed E-state index contributed by atoms with van der Waals surface area (Å²) < 4.78 is 1.00. The van der Waals surface area contributed by atoms with Crippen LogP contribution in [0.3, 0.4) is 0 Å². The van der Waals surface area contributed by atoms with Crippen molar-refractivity contribution in [2.24, 2.45) is 5.41 Å². The SMILES string of the molecule is CCC(C)(C)CNCC(=O)Nc1ccc(Br)cc1. The molecule has 0 aliphatic rings. The molecular weight excluding hydrogens is 292 g/mol. The molecule has 1 aromatic rings. The molecule has 0 heterocycles. The van der Waals surface area contributed by atoms with Crippen LogP contribution in [0, 0.1) is 5.41 Å². The molecule has 4 heteroatoms. The van der Waals surface area contributed by atoms with Crippen LogP contribution in [0.15, 0.2) is 28.7 Å². The van der Waals surface area contributed by atoms with Gasteiger partial charge in [-0.1, -0.05) is 36.7 Å². The standard InChI is InChI=1S/C14H21BrN2O/c1-4-14(2,3)10-16-9-13(18)17-12-7-5-11(15)6-8-12/h5-8,16H,4,9-10H2,1-3H3,(H,17,18). The number of amides is 1. The summed E-state index contributed by atoms with van der Waals surface area (Å²) in [6.07, 6.45) is 1.09. The van der Waals surface area contributed by atoms with E-state index in [9.17, 15) is 4.79 Å². The van der Waals surface area contributed by atoms with Crippen LogP contribution in [0.5, 0.6) is 0 Å². The third-order valence-corrected chi connectivity index (χ3v) is 3.50. The number of anilines is 1. The zero-order chi connectivity index (χ0) is 13.6. The lowest BCUT2D eigenvalue weighted by Crippen LogP contribution is -2.34. The van der Waals surface area contributed by atoms with Crippen LogP contribution in [-0.4, -0.2) is 19.0 Å². The maximum Gasteiger partial charge on any atom is 0.238 e. The molecular formula is C14H21BrN2O. The smallest absolute Gasteiger partial charge is 0.238 e. The van der Waals surface area contributed by atoms with Crippen LogP contribution in [0.4, 0.5) is 5.69 Å². The summed E-state index contributed by atoms with van der Waals surface area (Å²) in [4.78, 5) is 11.7. The minimum atomic E-state index is -0.00998. The summed E-state index contributed by atoms with van der Waals surface area (Å²) in [6, 6.07) is 7.56. The fourth-order valence-electron chi connectivity index (χ4n) is 1.38. The highest BCUT2D eigenvalue weighted by atomic mass is 79.9. The molecule has 0 bridgehead atoms. The van der Waals surface area contributed by atoms with Crippen LogP contribution < -0.4 is 10.6 Å². The summed E-state index contributed by atoms with van der Waals surface area (Å²) in [5.74, 6) is -0.00998. The summed E-state index contributed by atoms with van der Waals surface area (Å²) in [6.45, 7) is 7.72. The number of benzene rings is 1. The molecule has 0 fully saturated rings. The Labute approximate surface area is 117 Å². The number of rotatable bonds is 6. The van der Waals surface area contributed by atoms with Gasteiger partial charge in [0.1, 0.15) is 0 Å². The number of hydrogen-bond acceptors (Lipinski definition) is 2. The summed E-state index contributed by atoms with van der Waals surface area (Å²) >= 11 is 3.36. The van der Waals surface area contributed by atoms with Gasteiger partial charge >= 0.3 is 0 Å². The maximum absolute atomic E-state index is 11.7. The molecule has 2 N–H and O–H groups in total. The Morgan fingerprint density at radius 3 is 2.44 bits per heavy atom. The number of nitrogens with one attached hydrogen (secondary N) is 2. The van der Waals surface area contributed by atoms with Crippen LogP contribution in [0.25, 0.3) is 0 Å². The molecule has 1 amide bonds. The second kappa shape index (κ2) is 6.90. The fraction of sp³-hybridized carbons (Fsp3) is 0.500. The Bertz CT molecular complexity index is 387. The van der Waals surface area contributed by atoms with E-state index in [1.807, 2.05) is 24.3 Å². The van der Waals surface area contributed by atoms with E-state index in [0.717, 1.165) is 23.1 Å². The summed E-state index contributed by atoms with van der Waals surface area (Å²) in [5, 5.41) is 6.04. The van der Waals surface area contributed by atoms with Gasteiger partial charge in [-0.05, 0) is 36.1 Å². The van der Waals surface area contributed by atoms with E-state index in [1.165, 1.54) is 0 Å². The van der Waals surface area contributed by atoms with Gasteiger partial charge < -0.3 is 10.6 Å². The van der Waals surface area contributed by atoms with Crippen molar-refractivity contribution >= 4 is 27.5 Å². The Hall–Kier alpha value is -0.870. The number of carbonyl (C=O) groups is 1. The van der Waals surface area contributed by atoms with Gasteiger partial charge in [0.05, 0.1) is 6.54 Å². The lowest BCUT2D eigenvalue weighted by Gasteiger charge is -2.22. The van der Waals surface area contributed by atoms with E-state index >= 15 is 0 Å². The maximum atomic E-state index is 11.7. The monoisotopic (exact) mass is 312 g/mol. The molecule has 0 saturated heterocycles. The molecule has 0 aromatic heterocycles. The highest BCUT2D eigenvalue weighted by Gasteiger charge is 2.14. The highest BCUT2D eigenvalue weighted by molar-refractivity contribution is 9.10. The first kappa shape index (κ1) is 15.2. The van der Waals surface area contributed by atoms with Crippen molar-refractivity contribution in [3.63, 3.8) is 0 Å². The third kappa shape index (κ3) is 5.65. The predicted octanol–water partition coefficient (Wildman–Crippen LogP) is 3.41. The van der Waals surface area contributed by atoms with Crippen molar-refractivity contribution in [1.82, 2.24) is 5.32 Å². The lowest BCUT2D eigenvalue weighted by molar-refractivity contribution is -0.115. The first-order chi connectivity index (χ1) is 8.43. The Morgan fingerprint density at radius 2 is 1.89 bits per heavy atom. The molecule has 0 aliphatic carbocycles. The number of halogens is 1. The quantitative estimate of drug-likeness (QED) is 0.845. The van der Waals surface area contributed by atoms with E-state index < -0.39 is 0 Å². The first-order valence-electron chi connectivity index (χ1n) is 6.19. The molecule has 0 unspecified atom stereocenters. The van der Waals surface area contributed by atoms with E-state index in [4.69, 9.17) is 0 Å². The number of hydrogen-bond donors (Lipinski definition) is 2. The molecule has 1 rings (SSSR count). The van der Waals surface area contributed by atoms with E-state index in [1.54, 1.807) is 0 Å². The largest absolute Gasteiger partial charge is 0.325 e.